The Morgan fingerprint density at radius 1 is 1.27 bits per heavy atom. The second-order valence-electron chi connectivity index (χ2n) is 4.84. The van der Waals surface area contributed by atoms with Gasteiger partial charge in [-0.3, -0.25) is 4.79 Å². The molecule has 0 spiro atoms. The molecule has 0 saturated carbocycles. The van der Waals surface area contributed by atoms with E-state index in [0.29, 0.717) is 12.3 Å². The SMILES string of the molecule is O=C(O)[C@H](Cc1c[nH]c2ccccc12)NOc1ccccn1. The average Bonchev–Trinajstić information content (AvgIpc) is 2.95. The van der Waals surface area contributed by atoms with Crippen molar-refractivity contribution in [3.63, 3.8) is 0 Å². The molecule has 0 bridgehead atoms. The highest BCUT2D eigenvalue weighted by molar-refractivity contribution is 5.84. The molecule has 1 aromatic carbocycles. The molecular weight excluding hydrogens is 282 g/mol. The van der Waals surface area contributed by atoms with Crippen LogP contribution in [-0.4, -0.2) is 27.1 Å². The van der Waals surface area contributed by atoms with Crippen molar-refractivity contribution in [2.75, 3.05) is 0 Å². The van der Waals surface area contributed by atoms with Gasteiger partial charge in [0.25, 0.3) is 0 Å². The molecule has 112 valence electrons. The normalized spacial score (nSPS) is 12.2. The van der Waals surface area contributed by atoms with Crippen LogP contribution >= 0.6 is 0 Å². The molecule has 0 radical (unpaired) electrons. The number of para-hydroxylation sites is 1. The summed E-state index contributed by atoms with van der Waals surface area (Å²) in [5.41, 5.74) is 4.46. The van der Waals surface area contributed by atoms with Crippen LogP contribution in [0.15, 0.2) is 54.9 Å². The minimum absolute atomic E-state index is 0.298. The molecule has 0 fully saturated rings. The van der Waals surface area contributed by atoms with Gasteiger partial charge in [0, 0.05) is 35.8 Å². The first-order valence-electron chi connectivity index (χ1n) is 6.85. The zero-order chi connectivity index (χ0) is 15.4. The van der Waals surface area contributed by atoms with E-state index in [0.717, 1.165) is 16.5 Å². The van der Waals surface area contributed by atoms with Crippen molar-refractivity contribution >= 4 is 16.9 Å². The number of hydroxylamine groups is 1. The van der Waals surface area contributed by atoms with Crippen LogP contribution in [0, 0.1) is 0 Å². The molecule has 6 nitrogen and oxygen atoms in total. The Balaban J connectivity index is 1.73. The first kappa shape index (κ1) is 14.1. The van der Waals surface area contributed by atoms with Gasteiger partial charge in [0.05, 0.1) is 0 Å². The van der Waals surface area contributed by atoms with E-state index >= 15 is 0 Å². The van der Waals surface area contributed by atoms with E-state index in [1.165, 1.54) is 0 Å². The summed E-state index contributed by atoms with van der Waals surface area (Å²) in [4.78, 5) is 23.8. The first-order valence-corrected chi connectivity index (χ1v) is 6.85. The van der Waals surface area contributed by atoms with E-state index in [1.807, 2.05) is 30.5 Å². The average molecular weight is 297 g/mol. The van der Waals surface area contributed by atoms with Crippen LogP contribution in [0.5, 0.6) is 5.88 Å². The van der Waals surface area contributed by atoms with Crippen LogP contribution in [0.2, 0.25) is 0 Å². The van der Waals surface area contributed by atoms with Gasteiger partial charge in [-0.25, -0.2) is 4.98 Å². The molecular formula is C16H15N3O3. The van der Waals surface area contributed by atoms with Gasteiger partial charge in [0.1, 0.15) is 6.04 Å². The topological polar surface area (TPSA) is 87.2 Å². The highest BCUT2D eigenvalue weighted by atomic mass is 16.7. The Morgan fingerprint density at radius 2 is 2.09 bits per heavy atom. The fraction of sp³-hybridized carbons (Fsp3) is 0.125. The minimum Gasteiger partial charge on any atom is -0.480 e. The zero-order valence-corrected chi connectivity index (χ0v) is 11.7. The van der Waals surface area contributed by atoms with E-state index < -0.39 is 12.0 Å². The predicted octanol–water partition coefficient (Wildman–Crippen LogP) is 2.14. The van der Waals surface area contributed by atoms with Crippen molar-refractivity contribution in [3.8, 4) is 5.88 Å². The number of hydrogen-bond donors (Lipinski definition) is 3. The number of carboxylic acids is 1. The number of aromatic nitrogens is 2. The number of nitrogens with one attached hydrogen (secondary N) is 2. The Kier molecular flexibility index (Phi) is 4.02. The molecule has 0 unspecified atom stereocenters. The van der Waals surface area contributed by atoms with Crippen molar-refractivity contribution in [1.29, 1.82) is 0 Å². The summed E-state index contributed by atoms with van der Waals surface area (Å²) in [6.45, 7) is 0. The number of rotatable bonds is 6. The Morgan fingerprint density at radius 3 is 2.86 bits per heavy atom. The third-order valence-electron chi connectivity index (χ3n) is 3.34. The highest BCUT2D eigenvalue weighted by Crippen LogP contribution is 2.19. The number of aromatic amines is 1. The summed E-state index contributed by atoms with van der Waals surface area (Å²) in [6, 6.07) is 12.1. The number of benzene rings is 1. The van der Waals surface area contributed by atoms with Crippen LogP contribution in [0.4, 0.5) is 0 Å². The van der Waals surface area contributed by atoms with Gasteiger partial charge in [0.2, 0.25) is 5.88 Å². The van der Waals surface area contributed by atoms with Gasteiger partial charge in [0.15, 0.2) is 0 Å². The zero-order valence-electron chi connectivity index (χ0n) is 11.7. The fourth-order valence-corrected chi connectivity index (χ4v) is 2.24. The summed E-state index contributed by atoms with van der Waals surface area (Å²) < 4.78 is 0. The van der Waals surface area contributed by atoms with Gasteiger partial charge < -0.3 is 14.9 Å². The summed E-state index contributed by atoms with van der Waals surface area (Å²) in [7, 11) is 0. The highest BCUT2D eigenvalue weighted by Gasteiger charge is 2.20. The molecule has 2 aromatic heterocycles. The third-order valence-corrected chi connectivity index (χ3v) is 3.34. The number of H-pyrrole nitrogens is 1. The molecule has 22 heavy (non-hydrogen) atoms. The van der Waals surface area contributed by atoms with E-state index in [9.17, 15) is 9.90 Å². The number of nitrogens with zero attached hydrogens (tertiary/aromatic N) is 1. The predicted molar refractivity (Wildman–Crippen MR) is 81.4 cm³/mol. The lowest BCUT2D eigenvalue weighted by molar-refractivity contribution is -0.141. The largest absolute Gasteiger partial charge is 0.480 e. The van der Waals surface area contributed by atoms with E-state index in [1.54, 1.807) is 24.4 Å². The van der Waals surface area contributed by atoms with Crippen molar-refractivity contribution in [1.82, 2.24) is 15.4 Å². The minimum atomic E-state index is -0.985. The molecule has 2 heterocycles. The second kappa shape index (κ2) is 6.28. The fourth-order valence-electron chi connectivity index (χ4n) is 2.24. The number of fused-ring (bicyclic) bond motifs is 1. The first-order chi connectivity index (χ1) is 10.7. The number of pyridine rings is 1. The molecule has 3 aromatic rings. The molecule has 0 aliphatic carbocycles. The van der Waals surface area contributed by atoms with Crippen LogP contribution < -0.4 is 10.3 Å². The monoisotopic (exact) mass is 297 g/mol. The number of aliphatic carboxylic acids is 1. The van der Waals surface area contributed by atoms with E-state index in [4.69, 9.17) is 4.84 Å². The molecule has 3 rings (SSSR count). The number of carboxylic acid groups (broad SMARTS) is 1. The van der Waals surface area contributed by atoms with Gasteiger partial charge in [-0.1, -0.05) is 24.3 Å². The maximum Gasteiger partial charge on any atom is 0.324 e. The molecule has 0 amide bonds. The van der Waals surface area contributed by atoms with Crippen molar-refractivity contribution in [3.05, 3.63) is 60.4 Å². The summed E-state index contributed by atoms with van der Waals surface area (Å²) in [6.07, 6.45) is 3.70. The molecule has 3 N–H and O–H groups in total. The summed E-state index contributed by atoms with van der Waals surface area (Å²) in [5.74, 6) is -0.658. The van der Waals surface area contributed by atoms with Gasteiger partial charge in [-0.05, 0) is 17.7 Å². The van der Waals surface area contributed by atoms with E-state index in [-0.39, 0.29) is 0 Å². The Hall–Kier alpha value is -2.86. The molecule has 1 atom stereocenters. The van der Waals surface area contributed by atoms with Crippen LogP contribution in [0.25, 0.3) is 10.9 Å². The van der Waals surface area contributed by atoms with Crippen molar-refractivity contribution in [2.24, 2.45) is 0 Å². The molecule has 6 heteroatoms. The van der Waals surface area contributed by atoms with Crippen molar-refractivity contribution in [2.45, 2.75) is 12.5 Å². The van der Waals surface area contributed by atoms with Crippen LogP contribution in [0.1, 0.15) is 5.56 Å². The number of hydrogen-bond acceptors (Lipinski definition) is 4. The maximum absolute atomic E-state index is 11.4. The van der Waals surface area contributed by atoms with Crippen molar-refractivity contribution < 1.29 is 14.7 Å². The lowest BCUT2D eigenvalue weighted by Gasteiger charge is -2.14. The smallest absolute Gasteiger partial charge is 0.324 e. The Labute approximate surface area is 126 Å². The lowest BCUT2D eigenvalue weighted by Crippen LogP contribution is -2.40. The van der Waals surface area contributed by atoms with Gasteiger partial charge >= 0.3 is 5.97 Å². The Bertz CT molecular complexity index is 770. The molecule has 0 saturated heterocycles. The van der Waals surface area contributed by atoms with Gasteiger partial charge in [-0.2, -0.15) is 0 Å². The van der Waals surface area contributed by atoms with Crippen LogP contribution in [-0.2, 0) is 11.2 Å². The third kappa shape index (κ3) is 3.07. The van der Waals surface area contributed by atoms with Gasteiger partial charge in [-0.15, -0.1) is 5.48 Å². The maximum atomic E-state index is 11.4. The standard InChI is InChI=1S/C16H15N3O3/c20-16(21)14(19-22-15-7-3-4-8-17-15)9-11-10-18-13-6-2-1-5-12(11)13/h1-8,10,14,18-19H,9H2,(H,20,21)/t14-/m0/s1. The molecule has 0 aliphatic heterocycles. The summed E-state index contributed by atoms with van der Waals surface area (Å²) >= 11 is 0. The lowest BCUT2D eigenvalue weighted by atomic mass is 10.1. The van der Waals surface area contributed by atoms with E-state index in [2.05, 4.69) is 15.4 Å². The molecule has 0 aliphatic rings. The number of carbonyl (C=O) groups is 1. The quantitative estimate of drug-likeness (QED) is 0.607. The summed E-state index contributed by atoms with van der Waals surface area (Å²) in [5, 5.41) is 10.4. The second-order valence-corrected chi connectivity index (χ2v) is 4.84. The van der Waals surface area contributed by atoms with Crippen LogP contribution in [0.3, 0.4) is 0 Å².